The Hall–Kier alpha value is -2.49. The molecule has 0 unspecified atom stereocenters. The number of carbonyl (C=O) groups is 1. The highest BCUT2D eigenvalue weighted by molar-refractivity contribution is 7.92. The van der Waals surface area contributed by atoms with E-state index >= 15 is 0 Å². The summed E-state index contributed by atoms with van der Waals surface area (Å²) >= 11 is 11.8. The normalized spacial score (nSPS) is 11.3. The van der Waals surface area contributed by atoms with Crippen molar-refractivity contribution in [2.45, 2.75) is 0 Å². The fourth-order valence-electron chi connectivity index (χ4n) is 2.32. The number of anilines is 1. The number of carbonyl (C=O) groups excluding carboxylic acids is 1. The van der Waals surface area contributed by atoms with E-state index in [0.29, 0.717) is 17.1 Å². The van der Waals surface area contributed by atoms with Crippen LogP contribution in [0.5, 0.6) is 11.5 Å². The first kappa shape index (κ1) is 22.8. The van der Waals surface area contributed by atoms with Crippen molar-refractivity contribution >= 4 is 51.0 Å². The smallest absolute Gasteiger partial charge is 0.260 e. The number of benzene rings is 2. The molecule has 0 saturated heterocycles. The van der Waals surface area contributed by atoms with Crippen LogP contribution < -0.4 is 19.2 Å². The van der Waals surface area contributed by atoms with Crippen molar-refractivity contribution in [3.05, 3.63) is 52.0 Å². The van der Waals surface area contributed by atoms with Gasteiger partial charge in [0.15, 0.2) is 0 Å². The second kappa shape index (κ2) is 9.82. The maximum atomic E-state index is 12.2. The quantitative estimate of drug-likeness (QED) is 0.483. The van der Waals surface area contributed by atoms with Crippen LogP contribution >= 0.6 is 23.2 Å². The second-order valence-electron chi connectivity index (χ2n) is 5.77. The van der Waals surface area contributed by atoms with E-state index in [2.05, 4.69) is 10.5 Å². The Labute approximate surface area is 179 Å². The highest BCUT2D eigenvalue weighted by atomic mass is 35.5. The van der Waals surface area contributed by atoms with Crippen molar-refractivity contribution in [2.75, 3.05) is 31.3 Å². The van der Waals surface area contributed by atoms with Crippen molar-refractivity contribution in [3.63, 3.8) is 0 Å². The van der Waals surface area contributed by atoms with Crippen LogP contribution in [0, 0.1) is 0 Å². The molecule has 0 aliphatic rings. The number of ether oxygens (including phenoxy) is 2. The lowest BCUT2D eigenvalue weighted by Gasteiger charge is -2.21. The van der Waals surface area contributed by atoms with E-state index in [-0.39, 0.29) is 15.7 Å². The largest absolute Gasteiger partial charge is 0.497 e. The topological polar surface area (TPSA) is 97.3 Å². The number of rotatable bonds is 8. The number of nitrogens with one attached hydrogen (secondary N) is 1. The average Bonchev–Trinajstić information content (AvgIpc) is 2.67. The zero-order chi connectivity index (χ0) is 21.6. The Bertz CT molecular complexity index is 1030. The number of hydrogen-bond donors (Lipinski definition) is 1. The molecule has 0 heterocycles. The van der Waals surface area contributed by atoms with Gasteiger partial charge in [0.1, 0.15) is 18.0 Å². The molecule has 2 aromatic rings. The zero-order valence-electron chi connectivity index (χ0n) is 15.8. The molecule has 0 aliphatic carbocycles. The van der Waals surface area contributed by atoms with Gasteiger partial charge in [-0.1, -0.05) is 23.2 Å². The minimum absolute atomic E-state index is 0.168. The fraction of sp³-hybridized carbons (Fsp3) is 0.222. The van der Waals surface area contributed by atoms with Gasteiger partial charge in [0, 0.05) is 5.56 Å². The van der Waals surface area contributed by atoms with E-state index < -0.39 is 22.5 Å². The summed E-state index contributed by atoms with van der Waals surface area (Å²) in [5.41, 5.74) is 3.06. The van der Waals surface area contributed by atoms with Crippen molar-refractivity contribution in [1.29, 1.82) is 0 Å². The summed E-state index contributed by atoms with van der Waals surface area (Å²) < 4.78 is 35.5. The number of nitrogens with zero attached hydrogens (tertiary/aromatic N) is 2. The number of hydrazone groups is 1. The first-order valence-electron chi connectivity index (χ1n) is 8.12. The predicted octanol–water partition coefficient (Wildman–Crippen LogP) is 2.93. The molecule has 8 nitrogen and oxygen atoms in total. The van der Waals surface area contributed by atoms with Crippen molar-refractivity contribution in [1.82, 2.24) is 5.43 Å². The highest BCUT2D eigenvalue weighted by Gasteiger charge is 2.21. The molecule has 0 spiro atoms. The molecule has 1 N–H and O–H groups in total. The minimum Gasteiger partial charge on any atom is -0.497 e. The summed E-state index contributed by atoms with van der Waals surface area (Å²) in [5, 5.41) is 4.29. The van der Waals surface area contributed by atoms with Crippen molar-refractivity contribution < 1.29 is 22.7 Å². The molecular weight excluding hydrogens is 441 g/mol. The highest BCUT2D eigenvalue weighted by Crippen LogP contribution is 2.28. The Morgan fingerprint density at radius 2 is 1.86 bits per heavy atom. The van der Waals surface area contributed by atoms with E-state index in [1.807, 2.05) is 0 Å². The fourth-order valence-corrected chi connectivity index (χ4v) is 3.46. The SMILES string of the molecule is COc1ccc(OC)c(/C=N\NC(=O)CN(c2ccc(Cl)c(Cl)c2)S(C)(=O)=O)c1. The van der Waals surface area contributed by atoms with E-state index in [1.165, 1.54) is 38.6 Å². The first-order chi connectivity index (χ1) is 13.7. The van der Waals surface area contributed by atoms with Gasteiger partial charge in [0.25, 0.3) is 5.91 Å². The molecule has 0 bridgehead atoms. The summed E-state index contributed by atoms with van der Waals surface area (Å²) in [4.78, 5) is 12.2. The molecule has 29 heavy (non-hydrogen) atoms. The molecule has 0 fully saturated rings. The lowest BCUT2D eigenvalue weighted by molar-refractivity contribution is -0.119. The molecular formula is C18H19Cl2N3O5S. The Kier molecular flexibility index (Phi) is 7.72. The Morgan fingerprint density at radius 1 is 1.14 bits per heavy atom. The van der Waals surface area contributed by atoms with Gasteiger partial charge in [0.2, 0.25) is 10.0 Å². The standard InChI is InChI=1S/C18H19Cl2N3O5S/c1-27-14-5-7-17(28-2)12(8-14)10-21-22-18(24)11-23(29(3,25)26)13-4-6-15(19)16(20)9-13/h4-10H,11H2,1-3H3,(H,22,24)/b21-10-. The number of hydrogen-bond acceptors (Lipinski definition) is 6. The third-order valence-electron chi connectivity index (χ3n) is 3.71. The molecule has 0 atom stereocenters. The Morgan fingerprint density at radius 3 is 2.45 bits per heavy atom. The third kappa shape index (κ3) is 6.25. The summed E-state index contributed by atoms with van der Waals surface area (Å²) in [6.07, 6.45) is 2.34. The van der Waals surface area contributed by atoms with Crippen LogP contribution in [0.25, 0.3) is 0 Å². The van der Waals surface area contributed by atoms with Crippen LogP contribution in [0.4, 0.5) is 5.69 Å². The van der Waals surface area contributed by atoms with E-state index in [9.17, 15) is 13.2 Å². The molecule has 0 saturated carbocycles. The van der Waals surface area contributed by atoms with Gasteiger partial charge >= 0.3 is 0 Å². The van der Waals surface area contributed by atoms with Crippen molar-refractivity contribution in [3.8, 4) is 11.5 Å². The maximum Gasteiger partial charge on any atom is 0.260 e. The van der Waals surface area contributed by atoms with Gasteiger partial charge in [-0.2, -0.15) is 5.10 Å². The summed E-state index contributed by atoms with van der Waals surface area (Å²) in [5.74, 6) is 0.457. The molecule has 0 aliphatic heterocycles. The minimum atomic E-state index is -3.76. The first-order valence-corrected chi connectivity index (χ1v) is 10.7. The van der Waals surface area contributed by atoms with Gasteiger partial charge in [-0.3, -0.25) is 9.10 Å². The van der Waals surface area contributed by atoms with Crippen LogP contribution in [0.1, 0.15) is 5.56 Å². The van der Waals surface area contributed by atoms with Crippen LogP contribution in [-0.4, -0.2) is 47.6 Å². The average molecular weight is 460 g/mol. The maximum absolute atomic E-state index is 12.2. The van der Waals surface area contributed by atoms with E-state index in [4.69, 9.17) is 32.7 Å². The van der Waals surface area contributed by atoms with Gasteiger partial charge in [-0.05, 0) is 36.4 Å². The van der Waals surface area contributed by atoms with Crippen LogP contribution in [-0.2, 0) is 14.8 Å². The molecule has 2 aromatic carbocycles. The van der Waals surface area contributed by atoms with Gasteiger partial charge in [0.05, 0.1) is 42.4 Å². The van der Waals surface area contributed by atoms with Gasteiger partial charge in [-0.15, -0.1) is 0 Å². The predicted molar refractivity (Wildman–Crippen MR) is 114 cm³/mol. The lowest BCUT2D eigenvalue weighted by atomic mass is 10.2. The molecule has 11 heteroatoms. The van der Waals surface area contributed by atoms with Crippen LogP contribution in [0.2, 0.25) is 10.0 Å². The van der Waals surface area contributed by atoms with E-state index in [0.717, 1.165) is 10.6 Å². The Balaban J connectivity index is 2.15. The van der Waals surface area contributed by atoms with Gasteiger partial charge < -0.3 is 9.47 Å². The summed E-state index contributed by atoms with van der Waals surface area (Å²) in [6.45, 7) is -0.497. The summed E-state index contributed by atoms with van der Waals surface area (Å²) in [7, 11) is -0.737. The monoisotopic (exact) mass is 459 g/mol. The second-order valence-corrected chi connectivity index (χ2v) is 8.49. The third-order valence-corrected chi connectivity index (χ3v) is 5.59. The molecule has 156 valence electrons. The number of sulfonamides is 1. The molecule has 0 radical (unpaired) electrons. The van der Waals surface area contributed by atoms with Crippen LogP contribution in [0.3, 0.4) is 0 Å². The molecule has 1 amide bonds. The van der Waals surface area contributed by atoms with Crippen molar-refractivity contribution in [2.24, 2.45) is 5.10 Å². The van der Waals surface area contributed by atoms with Gasteiger partial charge in [-0.25, -0.2) is 13.8 Å². The summed E-state index contributed by atoms with van der Waals surface area (Å²) in [6, 6.07) is 9.35. The van der Waals surface area contributed by atoms with E-state index in [1.54, 1.807) is 18.2 Å². The number of amides is 1. The number of halogens is 2. The molecule has 2 rings (SSSR count). The molecule has 0 aromatic heterocycles. The lowest BCUT2D eigenvalue weighted by Crippen LogP contribution is -2.39. The van der Waals surface area contributed by atoms with Crippen LogP contribution in [0.15, 0.2) is 41.5 Å². The number of methoxy groups -OCH3 is 2. The zero-order valence-corrected chi connectivity index (χ0v) is 18.2.